The molecule has 2 rings (SSSR count). The van der Waals surface area contributed by atoms with Gasteiger partial charge in [-0.25, -0.2) is 15.8 Å². The summed E-state index contributed by atoms with van der Waals surface area (Å²) in [6, 6.07) is 0. The molecule has 0 aromatic carbocycles. The van der Waals surface area contributed by atoms with Crippen molar-refractivity contribution in [1.82, 2.24) is 19.5 Å². The number of nitrogens with two attached hydrogens (primary N) is 1. The average molecular weight is 268 g/mol. The first-order chi connectivity index (χ1) is 8.61. The number of nitrogens with one attached hydrogen (secondary N) is 1. The van der Waals surface area contributed by atoms with E-state index >= 15 is 0 Å². The highest BCUT2D eigenvalue weighted by Gasteiger charge is 2.12. The Hall–Kier alpha value is -1.86. The zero-order valence-corrected chi connectivity index (χ0v) is 10.9. The predicted octanol–water partition coefficient (Wildman–Crippen LogP) is 0.786. The van der Waals surface area contributed by atoms with Crippen molar-refractivity contribution in [2.45, 2.75) is 6.54 Å². The Morgan fingerprint density at radius 2 is 2.28 bits per heavy atom. The zero-order valence-electron chi connectivity index (χ0n) is 10.1. The first-order valence-electron chi connectivity index (χ1n) is 5.28. The SMILES string of the molecule is CN(Cc1nccn1C)c1nc(NN)ncc1Cl. The number of aryl methyl sites for hydroxylation is 1. The Bertz CT molecular complexity index is 539. The summed E-state index contributed by atoms with van der Waals surface area (Å²) >= 11 is 6.07. The number of hydrazine groups is 1. The first kappa shape index (κ1) is 12.6. The molecule has 0 saturated carbocycles. The van der Waals surface area contributed by atoms with E-state index in [2.05, 4.69) is 20.4 Å². The zero-order chi connectivity index (χ0) is 13.1. The van der Waals surface area contributed by atoms with Gasteiger partial charge >= 0.3 is 0 Å². The molecule has 2 heterocycles. The molecule has 0 amide bonds. The highest BCUT2D eigenvalue weighted by atomic mass is 35.5. The van der Waals surface area contributed by atoms with Crippen LogP contribution in [0.5, 0.6) is 0 Å². The predicted molar refractivity (Wildman–Crippen MR) is 70.2 cm³/mol. The Balaban J connectivity index is 2.23. The number of nitrogen functional groups attached to an aromatic ring is 1. The van der Waals surface area contributed by atoms with E-state index in [1.165, 1.54) is 6.20 Å². The van der Waals surface area contributed by atoms with Gasteiger partial charge in [-0.05, 0) is 0 Å². The van der Waals surface area contributed by atoms with Crippen LogP contribution in [-0.4, -0.2) is 26.6 Å². The second-order valence-corrected chi connectivity index (χ2v) is 4.23. The second-order valence-electron chi connectivity index (χ2n) is 3.82. The van der Waals surface area contributed by atoms with Crippen LogP contribution < -0.4 is 16.2 Å². The average Bonchev–Trinajstić information content (AvgIpc) is 2.75. The van der Waals surface area contributed by atoms with Gasteiger partial charge in [0, 0.05) is 26.5 Å². The molecule has 0 aliphatic rings. The van der Waals surface area contributed by atoms with Gasteiger partial charge < -0.3 is 9.47 Å². The molecule has 0 fully saturated rings. The topological polar surface area (TPSA) is 84.9 Å². The second kappa shape index (κ2) is 5.19. The lowest BCUT2D eigenvalue weighted by atomic mass is 10.4. The van der Waals surface area contributed by atoms with Crippen LogP contribution in [0.25, 0.3) is 0 Å². The molecule has 0 bridgehead atoms. The fourth-order valence-corrected chi connectivity index (χ4v) is 1.77. The normalized spacial score (nSPS) is 10.4. The minimum Gasteiger partial charge on any atom is -0.351 e. The number of hydrogen-bond donors (Lipinski definition) is 2. The fraction of sp³-hybridized carbons (Fsp3) is 0.300. The molecule has 0 saturated heterocycles. The van der Waals surface area contributed by atoms with E-state index in [4.69, 9.17) is 17.4 Å². The van der Waals surface area contributed by atoms with E-state index in [-0.39, 0.29) is 0 Å². The van der Waals surface area contributed by atoms with E-state index in [0.717, 1.165) is 5.82 Å². The number of halogens is 1. The maximum atomic E-state index is 6.07. The molecule has 3 N–H and O–H groups in total. The summed E-state index contributed by atoms with van der Waals surface area (Å²) in [4.78, 5) is 14.3. The Morgan fingerprint density at radius 1 is 1.50 bits per heavy atom. The highest BCUT2D eigenvalue weighted by Crippen LogP contribution is 2.23. The number of aromatic nitrogens is 4. The standard InChI is InChI=1S/C10H14ClN7/c1-17-4-3-13-8(17)6-18(2)9-7(11)5-14-10(15-9)16-12/h3-5H,6,12H2,1-2H3,(H,14,15,16). The van der Waals surface area contributed by atoms with Crippen LogP contribution in [-0.2, 0) is 13.6 Å². The number of imidazole rings is 1. The van der Waals surface area contributed by atoms with Crippen molar-refractivity contribution in [3.8, 4) is 0 Å². The van der Waals surface area contributed by atoms with Crippen LogP contribution in [0, 0.1) is 0 Å². The van der Waals surface area contributed by atoms with Crippen LogP contribution in [0.1, 0.15) is 5.82 Å². The molecule has 0 spiro atoms. The third-order valence-electron chi connectivity index (χ3n) is 2.52. The van der Waals surface area contributed by atoms with Gasteiger partial charge in [0.05, 0.1) is 12.7 Å². The molecule has 0 atom stereocenters. The molecular weight excluding hydrogens is 254 g/mol. The monoisotopic (exact) mass is 267 g/mol. The van der Waals surface area contributed by atoms with Crippen LogP contribution >= 0.6 is 11.6 Å². The summed E-state index contributed by atoms with van der Waals surface area (Å²) in [7, 11) is 3.81. The molecule has 96 valence electrons. The van der Waals surface area contributed by atoms with Gasteiger partial charge in [0.25, 0.3) is 0 Å². The number of rotatable bonds is 4. The van der Waals surface area contributed by atoms with Gasteiger partial charge in [0.1, 0.15) is 10.8 Å². The fourth-order valence-electron chi connectivity index (χ4n) is 1.53. The number of nitrogens with zero attached hydrogens (tertiary/aromatic N) is 5. The third kappa shape index (κ3) is 2.52. The van der Waals surface area contributed by atoms with Crippen molar-refractivity contribution in [2.24, 2.45) is 12.9 Å². The molecule has 0 radical (unpaired) electrons. The van der Waals surface area contributed by atoms with Crippen molar-refractivity contribution in [3.63, 3.8) is 0 Å². The summed E-state index contributed by atoms with van der Waals surface area (Å²) in [5.41, 5.74) is 2.39. The minimum absolute atomic E-state index is 0.320. The van der Waals surface area contributed by atoms with Gasteiger partial charge in [0.15, 0.2) is 5.82 Å². The van der Waals surface area contributed by atoms with E-state index in [1.807, 2.05) is 29.8 Å². The largest absolute Gasteiger partial charge is 0.351 e. The molecule has 8 heteroatoms. The van der Waals surface area contributed by atoms with E-state index in [9.17, 15) is 0 Å². The molecular formula is C10H14ClN7. The van der Waals surface area contributed by atoms with Crippen LogP contribution in [0.2, 0.25) is 5.02 Å². The summed E-state index contributed by atoms with van der Waals surface area (Å²) < 4.78 is 1.94. The summed E-state index contributed by atoms with van der Waals surface area (Å²) in [6.07, 6.45) is 5.14. The Morgan fingerprint density at radius 3 is 2.89 bits per heavy atom. The summed E-state index contributed by atoms with van der Waals surface area (Å²) in [5.74, 6) is 7.11. The lowest BCUT2D eigenvalue weighted by molar-refractivity contribution is 0.754. The third-order valence-corrected chi connectivity index (χ3v) is 2.78. The lowest BCUT2D eigenvalue weighted by Crippen LogP contribution is -2.21. The molecule has 2 aromatic heterocycles. The van der Waals surface area contributed by atoms with E-state index < -0.39 is 0 Å². The smallest absolute Gasteiger partial charge is 0.239 e. The van der Waals surface area contributed by atoms with Crippen molar-refractivity contribution < 1.29 is 0 Å². The summed E-state index contributed by atoms with van der Waals surface area (Å²) in [6.45, 7) is 0.588. The Labute approximate surface area is 110 Å². The molecule has 2 aromatic rings. The van der Waals surface area contributed by atoms with Crippen LogP contribution in [0.15, 0.2) is 18.6 Å². The molecule has 7 nitrogen and oxygen atoms in total. The maximum Gasteiger partial charge on any atom is 0.239 e. The number of anilines is 2. The molecule has 0 unspecified atom stereocenters. The van der Waals surface area contributed by atoms with E-state index in [1.54, 1.807) is 6.20 Å². The van der Waals surface area contributed by atoms with Crippen molar-refractivity contribution >= 4 is 23.4 Å². The quantitative estimate of drug-likeness (QED) is 0.629. The molecule has 0 aliphatic carbocycles. The maximum absolute atomic E-state index is 6.07. The van der Waals surface area contributed by atoms with Gasteiger partial charge in [-0.3, -0.25) is 5.43 Å². The van der Waals surface area contributed by atoms with Gasteiger partial charge in [0.2, 0.25) is 5.95 Å². The minimum atomic E-state index is 0.320. The van der Waals surface area contributed by atoms with Crippen molar-refractivity contribution in [3.05, 3.63) is 29.4 Å². The van der Waals surface area contributed by atoms with Crippen molar-refractivity contribution in [1.29, 1.82) is 0 Å². The first-order valence-corrected chi connectivity index (χ1v) is 5.66. The van der Waals surface area contributed by atoms with Crippen molar-refractivity contribution in [2.75, 3.05) is 17.4 Å². The van der Waals surface area contributed by atoms with Gasteiger partial charge in [-0.2, -0.15) is 4.98 Å². The summed E-state index contributed by atoms with van der Waals surface area (Å²) in [5, 5.41) is 0.464. The van der Waals surface area contributed by atoms with E-state index in [0.29, 0.717) is 23.3 Å². The van der Waals surface area contributed by atoms with Crippen LogP contribution in [0.4, 0.5) is 11.8 Å². The van der Waals surface area contributed by atoms with Gasteiger partial charge in [-0.15, -0.1) is 0 Å². The molecule has 0 aliphatic heterocycles. The lowest BCUT2D eigenvalue weighted by Gasteiger charge is -2.19. The van der Waals surface area contributed by atoms with Crippen LogP contribution in [0.3, 0.4) is 0 Å². The molecule has 18 heavy (non-hydrogen) atoms. The Kier molecular flexibility index (Phi) is 3.63. The van der Waals surface area contributed by atoms with Gasteiger partial charge in [-0.1, -0.05) is 11.6 Å². The number of hydrogen-bond acceptors (Lipinski definition) is 6. The highest BCUT2D eigenvalue weighted by molar-refractivity contribution is 6.32.